The van der Waals surface area contributed by atoms with Crippen LogP contribution in [-0.4, -0.2) is 46.4 Å². The zero-order valence-corrected chi connectivity index (χ0v) is 10.8. The molecule has 1 aliphatic heterocycles. The lowest BCUT2D eigenvalue weighted by Crippen LogP contribution is -2.45. The summed E-state index contributed by atoms with van der Waals surface area (Å²) >= 11 is 0. The van der Waals surface area contributed by atoms with Crippen LogP contribution in [0.1, 0.15) is 18.0 Å². The summed E-state index contributed by atoms with van der Waals surface area (Å²) in [7, 11) is 0. The number of hydrogen-bond donors (Lipinski definition) is 4. The number of aromatic hydroxyl groups is 3. The SMILES string of the molecule is C=CC[C@@H](c1ccc(O)c(O)c1O)N1CCNCC1. The van der Waals surface area contributed by atoms with Gasteiger partial charge in [0.25, 0.3) is 0 Å². The first-order chi connectivity index (χ1) is 9.15. The number of piperazine rings is 1. The van der Waals surface area contributed by atoms with E-state index >= 15 is 0 Å². The quantitative estimate of drug-likeness (QED) is 0.487. The summed E-state index contributed by atoms with van der Waals surface area (Å²) < 4.78 is 0. The topological polar surface area (TPSA) is 76.0 Å². The molecule has 0 bridgehead atoms. The van der Waals surface area contributed by atoms with Crippen LogP contribution in [-0.2, 0) is 0 Å². The Morgan fingerprint density at radius 3 is 2.53 bits per heavy atom. The van der Waals surface area contributed by atoms with Crippen LogP contribution in [0.25, 0.3) is 0 Å². The van der Waals surface area contributed by atoms with Gasteiger partial charge in [-0.3, -0.25) is 4.90 Å². The zero-order chi connectivity index (χ0) is 13.8. The Morgan fingerprint density at radius 2 is 1.89 bits per heavy atom. The van der Waals surface area contributed by atoms with Crippen molar-refractivity contribution in [3.63, 3.8) is 0 Å². The Morgan fingerprint density at radius 1 is 1.21 bits per heavy atom. The van der Waals surface area contributed by atoms with Gasteiger partial charge in [0.05, 0.1) is 0 Å². The lowest BCUT2D eigenvalue weighted by atomic mass is 9.99. The molecular weight excluding hydrogens is 244 g/mol. The Labute approximate surface area is 112 Å². The molecule has 104 valence electrons. The summed E-state index contributed by atoms with van der Waals surface area (Å²) in [5.74, 6) is -1.01. The van der Waals surface area contributed by atoms with Gasteiger partial charge in [-0.15, -0.1) is 6.58 Å². The summed E-state index contributed by atoms with van der Waals surface area (Å²) in [4.78, 5) is 2.24. The van der Waals surface area contributed by atoms with Gasteiger partial charge in [0.1, 0.15) is 0 Å². The van der Waals surface area contributed by atoms with Crippen molar-refractivity contribution in [3.05, 3.63) is 30.4 Å². The summed E-state index contributed by atoms with van der Waals surface area (Å²) in [5.41, 5.74) is 0.622. The normalized spacial score (nSPS) is 18.1. The maximum Gasteiger partial charge on any atom is 0.200 e. The van der Waals surface area contributed by atoms with Gasteiger partial charge < -0.3 is 20.6 Å². The molecule has 1 fully saturated rings. The lowest BCUT2D eigenvalue weighted by molar-refractivity contribution is 0.171. The number of hydrogen-bond acceptors (Lipinski definition) is 5. The first kappa shape index (κ1) is 13.7. The van der Waals surface area contributed by atoms with Gasteiger partial charge >= 0.3 is 0 Å². The molecule has 1 saturated heterocycles. The fourth-order valence-corrected chi connectivity index (χ4v) is 2.48. The number of phenolic OH excluding ortho intramolecular Hbond substituents is 3. The van der Waals surface area contributed by atoms with Gasteiger partial charge in [-0.1, -0.05) is 6.08 Å². The van der Waals surface area contributed by atoms with E-state index in [1.807, 2.05) is 0 Å². The monoisotopic (exact) mass is 264 g/mol. The van der Waals surface area contributed by atoms with Crippen LogP contribution in [0.4, 0.5) is 0 Å². The second-order valence-electron chi connectivity index (χ2n) is 4.70. The Hall–Kier alpha value is -1.72. The van der Waals surface area contributed by atoms with Crippen LogP contribution < -0.4 is 5.32 Å². The van der Waals surface area contributed by atoms with Crippen molar-refractivity contribution in [2.75, 3.05) is 26.2 Å². The molecule has 1 atom stereocenters. The average Bonchev–Trinajstić information content (AvgIpc) is 2.44. The largest absolute Gasteiger partial charge is 0.504 e. The molecule has 0 aromatic heterocycles. The van der Waals surface area contributed by atoms with E-state index in [2.05, 4.69) is 16.8 Å². The van der Waals surface area contributed by atoms with Gasteiger partial charge in [0.2, 0.25) is 5.75 Å². The molecule has 0 unspecified atom stereocenters. The second kappa shape index (κ2) is 5.95. The minimum absolute atomic E-state index is 0.0360. The minimum Gasteiger partial charge on any atom is -0.504 e. The molecule has 5 heteroatoms. The molecule has 2 rings (SSSR count). The van der Waals surface area contributed by atoms with E-state index in [0.29, 0.717) is 12.0 Å². The van der Waals surface area contributed by atoms with Crippen molar-refractivity contribution in [2.24, 2.45) is 0 Å². The Balaban J connectivity index is 2.32. The summed E-state index contributed by atoms with van der Waals surface area (Å²) in [6, 6.07) is 3.02. The molecule has 0 spiro atoms. The second-order valence-corrected chi connectivity index (χ2v) is 4.70. The van der Waals surface area contributed by atoms with Crippen LogP contribution in [0.3, 0.4) is 0 Å². The van der Waals surface area contributed by atoms with Crippen molar-refractivity contribution in [1.82, 2.24) is 10.2 Å². The van der Waals surface area contributed by atoms with E-state index in [-0.39, 0.29) is 17.5 Å². The van der Waals surface area contributed by atoms with E-state index in [1.54, 1.807) is 12.1 Å². The van der Waals surface area contributed by atoms with Crippen molar-refractivity contribution in [2.45, 2.75) is 12.5 Å². The molecule has 5 nitrogen and oxygen atoms in total. The number of nitrogens with one attached hydrogen (secondary N) is 1. The van der Waals surface area contributed by atoms with E-state index in [9.17, 15) is 15.3 Å². The molecule has 1 aromatic carbocycles. The Kier molecular flexibility index (Phi) is 4.29. The third-order valence-electron chi connectivity index (χ3n) is 3.50. The maximum atomic E-state index is 10.0. The van der Waals surface area contributed by atoms with Gasteiger partial charge in [-0.2, -0.15) is 0 Å². The molecule has 1 aliphatic rings. The average molecular weight is 264 g/mol. The highest BCUT2D eigenvalue weighted by molar-refractivity contribution is 5.54. The van der Waals surface area contributed by atoms with Gasteiger partial charge in [-0.25, -0.2) is 0 Å². The smallest absolute Gasteiger partial charge is 0.200 e. The van der Waals surface area contributed by atoms with Crippen molar-refractivity contribution >= 4 is 0 Å². The third kappa shape index (κ3) is 2.83. The molecule has 1 heterocycles. The number of benzene rings is 1. The van der Waals surface area contributed by atoms with E-state index in [4.69, 9.17) is 0 Å². The van der Waals surface area contributed by atoms with E-state index in [1.165, 1.54) is 6.07 Å². The van der Waals surface area contributed by atoms with Crippen LogP contribution in [0, 0.1) is 0 Å². The number of nitrogens with zero attached hydrogens (tertiary/aromatic N) is 1. The molecular formula is C14H20N2O3. The van der Waals surface area contributed by atoms with Crippen LogP contribution >= 0.6 is 0 Å². The van der Waals surface area contributed by atoms with E-state index in [0.717, 1.165) is 26.2 Å². The van der Waals surface area contributed by atoms with Crippen molar-refractivity contribution < 1.29 is 15.3 Å². The molecule has 1 aromatic rings. The molecule has 0 saturated carbocycles. The molecule has 0 amide bonds. The summed E-state index contributed by atoms with van der Waals surface area (Å²) in [5, 5.41) is 32.3. The van der Waals surface area contributed by atoms with Crippen molar-refractivity contribution in [3.8, 4) is 17.2 Å². The minimum atomic E-state index is -0.457. The predicted molar refractivity (Wildman–Crippen MR) is 73.4 cm³/mol. The maximum absolute atomic E-state index is 10.0. The first-order valence-electron chi connectivity index (χ1n) is 6.44. The number of phenols is 3. The Bertz CT molecular complexity index is 456. The van der Waals surface area contributed by atoms with Gasteiger partial charge in [0, 0.05) is 37.8 Å². The summed E-state index contributed by atoms with van der Waals surface area (Å²) in [6.07, 6.45) is 2.48. The molecule has 19 heavy (non-hydrogen) atoms. The van der Waals surface area contributed by atoms with Gasteiger partial charge in [-0.05, 0) is 18.6 Å². The van der Waals surface area contributed by atoms with E-state index < -0.39 is 5.75 Å². The predicted octanol–water partition coefficient (Wildman–Crippen LogP) is 1.33. The first-order valence-corrected chi connectivity index (χ1v) is 6.44. The highest BCUT2D eigenvalue weighted by Crippen LogP contribution is 2.42. The van der Waals surface area contributed by atoms with Crippen LogP contribution in [0.15, 0.2) is 24.8 Å². The fraction of sp³-hybridized carbons (Fsp3) is 0.429. The van der Waals surface area contributed by atoms with Crippen LogP contribution in [0.5, 0.6) is 17.2 Å². The van der Waals surface area contributed by atoms with Gasteiger partial charge in [0.15, 0.2) is 11.5 Å². The van der Waals surface area contributed by atoms with Crippen molar-refractivity contribution in [1.29, 1.82) is 0 Å². The standard InChI is InChI=1S/C14H20N2O3/c1-2-3-11(16-8-6-15-7-9-16)10-4-5-12(17)14(19)13(10)18/h2,4-5,11,15,17-19H,1,3,6-9H2/t11-/m0/s1. The highest BCUT2D eigenvalue weighted by Gasteiger charge is 2.25. The lowest BCUT2D eigenvalue weighted by Gasteiger charge is -2.35. The third-order valence-corrected chi connectivity index (χ3v) is 3.50. The highest BCUT2D eigenvalue weighted by atomic mass is 16.3. The van der Waals surface area contributed by atoms with Crippen LogP contribution in [0.2, 0.25) is 0 Å². The fourth-order valence-electron chi connectivity index (χ4n) is 2.48. The zero-order valence-electron chi connectivity index (χ0n) is 10.8. The molecule has 4 N–H and O–H groups in total. The molecule has 0 radical (unpaired) electrons. The number of rotatable bonds is 4. The molecule has 0 aliphatic carbocycles. The summed E-state index contributed by atoms with van der Waals surface area (Å²) in [6.45, 7) is 7.31.